The molecule has 3 heterocycles. The lowest BCUT2D eigenvalue weighted by atomic mass is 10.3. The molecular formula is C19H23F3N6O. The summed E-state index contributed by atoms with van der Waals surface area (Å²) in [6, 6.07) is 8.04. The number of rotatable bonds is 5. The number of alkyl halides is 3. The van der Waals surface area contributed by atoms with E-state index in [9.17, 15) is 13.2 Å². The third-order valence-electron chi connectivity index (χ3n) is 4.46. The number of piperazine rings is 1. The molecule has 1 N–H and O–H groups in total. The van der Waals surface area contributed by atoms with Crippen LogP contribution in [-0.4, -0.2) is 67.2 Å². The van der Waals surface area contributed by atoms with Crippen molar-refractivity contribution >= 4 is 11.8 Å². The fourth-order valence-corrected chi connectivity index (χ4v) is 2.97. The van der Waals surface area contributed by atoms with Crippen LogP contribution in [0.15, 0.2) is 47.7 Å². The molecule has 1 fully saturated rings. The van der Waals surface area contributed by atoms with Gasteiger partial charge in [0, 0.05) is 51.7 Å². The first-order chi connectivity index (χ1) is 14.0. The van der Waals surface area contributed by atoms with Gasteiger partial charge in [-0.2, -0.15) is 13.2 Å². The van der Waals surface area contributed by atoms with Crippen LogP contribution in [0, 0.1) is 0 Å². The Labute approximate surface area is 167 Å². The molecule has 1 aliphatic rings. The van der Waals surface area contributed by atoms with E-state index in [-0.39, 0.29) is 12.5 Å². The van der Waals surface area contributed by atoms with Gasteiger partial charge in [0.1, 0.15) is 12.4 Å². The molecule has 2 aromatic rings. The third-order valence-corrected chi connectivity index (χ3v) is 4.46. The molecular weight excluding hydrogens is 385 g/mol. The van der Waals surface area contributed by atoms with Crippen LogP contribution in [0.4, 0.5) is 19.0 Å². The summed E-state index contributed by atoms with van der Waals surface area (Å²) in [5.74, 6) is 1.88. The number of nitrogens with zero attached hydrogens (tertiary/aromatic N) is 5. The maximum absolute atomic E-state index is 12.5. The molecule has 10 heteroatoms. The largest absolute Gasteiger partial charge is 0.476 e. The Morgan fingerprint density at radius 1 is 1.14 bits per heavy atom. The fourth-order valence-electron chi connectivity index (χ4n) is 2.97. The van der Waals surface area contributed by atoms with Gasteiger partial charge in [0.25, 0.3) is 0 Å². The van der Waals surface area contributed by atoms with Gasteiger partial charge >= 0.3 is 6.18 Å². The summed E-state index contributed by atoms with van der Waals surface area (Å²) in [7, 11) is 1.71. The van der Waals surface area contributed by atoms with Crippen molar-refractivity contribution in [1.82, 2.24) is 20.2 Å². The van der Waals surface area contributed by atoms with Crippen molar-refractivity contribution in [2.45, 2.75) is 6.18 Å². The zero-order chi connectivity index (χ0) is 20.7. The van der Waals surface area contributed by atoms with E-state index in [1.165, 1.54) is 6.07 Å². The number of ether oxygens (including phenoxy) is 1. The van der Waals surface area contributed by atoms with E-state index in [0.29, 0.717) is 6.54 Å². The molecule has 0 unspecified atom stereocenters. The minimum Gasteiger partial charge on any atom is -0.476 e. The first kappa shape index (κ1) is 20.7. The molecule has 156 valence electrons. The van der Waals surface area contributed by atoms with E-state index < -0.39 is 11.7 Å². The second-order valence-corrected chi connectivity index (χ2v) is 6.37. The van der Waals surface area contributed by atoms with E-state index in [1.807, 2.05) is 18.2 Å². The maximum atomic E-state index is 12.5. The molecule has 7 nitrogen and oxygen atoms in total. The van der Waals surface area contributed by atoms with E-state index in [1.54, 1.807) is 13.2 Å². The van der Waals surface area contributed by atoms with Crippen molar-refractivity contribution in [3.8, 4) is 5.88 Å². The summed E-state index contributed by atoms with van der Waals surface area (Å²) in [6.45, 7) is 3.99. The van der Waals surface area contributed by atoms with Gasteiger partial charge in [-0.15, -0.1) is 0 Å². The SMILES string of the molecule is CN=C(NCCOc1ccc(C(F)(F)F)cn1)N1CCN(c2ccccn2)CC1. The quantitative estimate of drug-likeness (QED) is 0.465. The Morgan fingerprint density at radius 2 is 1.93 bits per heavy atom. The van der Waals surface area contributed by atoms with E-state index in [0.717, 1.165) is 50.2 Å². The number of aliphatic imine (C=N–C) groups is 1. The smallest absolute Gasteiger partial charge is 0.417 e. The van der Waals surface area contributed by atoms with Crippen LogP contribution in [-0.2, 0) is 6.18 Å². The second kappa shape index (κ2) is 9.44. The highest BCUT2D eigenvalue weighted by Crippen LogP contribution is 2.29. The Hall–Kier alpha value is -3.04. The van der Waals surface area contributed by atoms with Crippen LogP contribution in [0.5, 0.6) is 5.88 Å². The second-order valence-electron chi connectivity index (χ2n) is 6.37. The van der Waals surface area contributed by atoms with Crippen LogP contribution in [0.2, 0.25) is 0 Å². The molecule has 3 rings (SSSR count). The molecule has 0 radical (unpaired) electrons. The zero-order valence-corrected chi connectivity index (χ0v) is 16.1. The van der Waals surface area contributed by atoms with Gasteiger partial charge in [-0.05, 0) is 18.2 Å². The number of anilines is 1. The van der Waals surface area contributed by atoms with Crippen molar-refractivity contribution < 1.29 is 17.9 Å². The highest BCUT2D eigenvalue weighted by atomic mass is 19.4. The molecule has 0 saturated carbocycles. The number of hydrogen-bond donors (Lipinski definition) is 1. The first-order valence-corrected chi connectivity index (χ1v) is 9.25. The molecule has 29 heavy (non-hydrogen) atoms. The highest BCUT2D eigenvalue weighted by Gasteiger charge is 2.30. The van der Waals surface area contributed by atoms with Crippen LogP contribution in [0.25, 0.3) is 0 Å². The van der Waals surface area contributed by atoms with Crippen LogP contribution in [0.1, 0.15) is 5.56 Å². The van der Waals surface area contributed by atoms with Crippen LogP contribution in [0.3, 0.4) is 0 Å². The van der Waals surface area contributed by atoms with Crippen molar-refractivity contribution in [2.24, 2.45) is 4.99 Å². The minimum absolute atomic E-state index is 0.152. The third kappa shape index (κ3) is 5.72. The highest BCUT2D eigenvalue weighted by molar-refractivity contribution is 5.80. The maximum Gasteiger partial charge on any atom is 0.417 e. The van der Waals surface area contributed by atoms with Crippen molar-refractivity contribution in [2.75, 3.05) is 51.3 Å². The first-order valence-electron chi connectivity index (χ1n) is 9.25. The van der Waals surface area contributed by atoms with Gasteiger partial charge in [-0.1, -0.05) is 6.07 Å². The number of pyridine rings is 2. The van der Waals surface area contributed by atoms with Gasteiger partial charge < -0.3 is 19.9 Å². The van der Waals surface area contributed by atoms with Crippen molar-refractivity contribution in [3.63, 3.8) is 0 Å². The average Bonchev–Trinajstić information content (AvgIpc) is 2.74. The van der Waals surface area contributed by atoms with E-state index >= 15 is 0 Å². The van der Waals surface area contributed by atoms with Gasteiger partial charge in [0.15, 0.2) is 5.96 Å². The number of halogens is 3. The summed E-state index contributed by atoms with van der Waals surface area (Å²) in [4.78, 5) is 16.7. The van der Waals surface area contributed by atoms with Crippen LogP contribution < -0.4 is 15.0 Å². The molecule has 0 bridgehead atoms. The average molecular weight is 408 g/mol. The summed E-state index contributed by atoms with van der Waals surface area (Å²) in [6.07, 6.45) is -1.85. The van der Waals surface area contributed by atoms with E-state index in [2.05, 4.69) is 30.1 Å². The van der Waals surface area contributed by atoms with Crippen molar-refractivity contribution in [1.29, 1.82) is 0 Å². The lowest BCUT2D eigenvalue weighted by molar-refractivity contribution is -0.137. The summed E-state index contributed by atoms with van der Waals surface area (Å²) in [5, 5.41) is 3.21. The zero-order valence-electron chi connectivity index (χ0n) is 16.1. The molecule has 0 aromatic carbocycles. The molecule has 2 aromatic heterocycles. The Balaban J connectivity index is 1.41. The number of guanidine groups is 1. The standard InChI is InChI=1S/C19H23F3N6O/c1-23-18(28-11-9-27(10-12-28)16-4-2-3-7-24-16)25-8-13-29-17-6-5-15(14-26-17)19(20,21)22/h2-7,14H,8-13H2,1H3,(H,23,25). The molecule has 0 atom stereocenters. The Bertz CT molecular complexity index is 790. The van der Waals surface area contributed by atoms with E-state index in [4.69, 9.17) is 4.74 Å². The molecule has 0 spiro atoms. The predicted octanol–water partition coefficient (Wildman–Crippen LogP) is 2.27. The fraction of sp³-hybridized carbons (Fsp3) is 0.421. The van der Waals surface area contributed by atoms with Gasteiger partial charge in [0.2, 0.25) is 5.88 Å². The monoisotopic (exact) mass is 408 g/mol. The lowest BCUT2D eigenvalue weighted by Crippen LogP contribution is -2.53. The van der Waals surface area contributed by atoms with Gasteiger partial charge in [0.05, 0.1) is 12.1 Å². The summed E-state index contributed by atoms with van der Waals surface area (Å²) in [5.41, 5.74) is -0.798. The minimum atomic E-state index is -4.40. The number of aromatic nitrogens is 2. The van der Waals surface area contributed by atoms with Gasteiger partial charge in [-0.25, -0.2) is 9.97 Å². The molecule has 0 amide bonds. The Kier molecular flexibility index (Phi) is 6.73. The topological polar surface area (TPSA) is 65.9 Å². The molecule has 1 saturated heterocycles. The normalized spacial score (nSPS) is 15.4. The molecule has 0 aliphatic carbocycles. The van der Waals surface area contributed by atoms with Crippen molar-refractivity contribution in [3.05, 3.63) is 48.3 Å². The molecule has 1 aliphatic heterocycles. The Morgan fingerprint density at radius 3 is 2.52 bits per heavy atom. The summed E-state index contributed by atoms with van der Waals surface area (Å²) >= 11 is 0. The summed E-state index contributed by atoms with van der Waals surface area (Å²) < 4.78 is 43.0. The van der Waals surface area contributed by atoms with Gasteiger partial charge in [-0.3, -0.25) is 4.99 Å². The van der Waals surface area contributed by atoms with Crippen LogP contribution >= 0.6 is 0 Å². The number of hydrogen-bond acceptors (Lipinski definition) is 5. The lowest BCUT2D eigenvalue weighted by Gasteiger charge is -2.37. The number of nitrogens with one attached hydrogen (secondary N) is 1. The predicted molar refractivity (Wildman–Crippen MR) is 104 cm³/mol.